The first-order valence-electron chi connectivity index (χ1n) is 5.71. The molecule has 0 aromatic carbocycles. The number of imide groups is 1. The van der Waals surface area contributed by atoms with Crippen LogP contribution >= 0.6 is 0 Å². The summed E-state index contributed by atoms with van der Waals surface area (Å²) >= 11 is 0. The molecular weight excluding hydrogens is 209 g/mol. The highest BCUT2D eigenvalue weighted by atomic mass is 16.7. The monoisotopic (exact) mass is 225 g/mol. The minimum atomic E-state index is -0.500. The number of carbonyl (C=O) groups is 3. The van der Waals surface area contributed by atoms with Crippen LogP contribution in [0.1, 0.15) is 38.5 Å². The molecule has 1 aliphatic heterocycles. The molecule has 1 saturated heterocycles. The van der Waals surface area contributed by atoms with E-state index in [9.17, 15) is 14.4 Å². The van der Waals surface area contributed by atoms with Gasteiger partial charge in [0.1, 0.15) is 7.85 Å². The molecule has 1 rings (SSSR count). The Labute approximate surface area is 95.5 Å². The zero-order valence-corrected chi connectivity index (χ0v) is 9.53. The van der Waals surface area contributed by atoms with Gasteiger partial charge in [-0.3, -0.25) is 9.59 Å². The normalized spacial score (nSPS) is 15.6. The quantitative estimate of drug-likeness (QED) is 0.368. The van der Waals surface area contributed by atoms with Crippen molar-refractivity contribution in [3.8, 4) is 0 Å². The lowest BCUT2D eigenvalue weighted by Gasteiger charge is -2.12. The van der Waals surface area contributed by atoms with E-state index in [0.29, 0.717) is 5.06 Å². The molecule has 0 unspecified atom stereocenters. The van der Waals surface area contributed by atoms with Crippen molar-refractivity contribution in [1.82, 2.24) is 5.06 Å². The van der Waals surface area contributed by atoms with Crippen LogP contribution in [-0.2, 0) is 19.2 Å². The standard InChI is InChI=1S/C10H16BNO4/c11-7-3-1-2-4-10(15)16-12-8(13)5-6-9(12)14/h1-7,11H2. The van der Waals surface area contributed by atoms with Gasteiger partial charge in [-0.25, -0.2) is 4.79 Å². The van der Waals surface area contributed by atoms with Gasteiger partial charge in [-0.1, -0.05) is 19.2 Å². The molecule has 2 amide bonds. The molecule has 0 bridgehead atoms. The fourth-order valence-electron chi connectivity index (χ4n) is 1.50. The van der Waals surface area contributed by atoms with E-state index < -0.39 is 17.8 Å². The Hall–Kier alpha value is -1.33. The van der Waals surface area contributed by atoms with E-state index in [1.165, 1.54) is 0 Å². The van der Waals surface area contributed by atoms with Gasteiger partial charge in [-0.05, 0) is 6.42 Å². The number of nitrogens with zero attached hydrogens (tertiary/aromatic N) is 1. The lowest BCUT2D eigenvalue weighted by Crippen LogP contribution is -2.31. The van der Waals surface area contributed by atoms with E-state index in [1.54, 1.807) is 0 Å². The summed E-state index contributed by atoms with van der Waals surface area (Å²) < 4.78 is 0. The van der Waals surface area contributed by atoms with Crippen molar-refractivity contribution >= 4 is 25.6 Å². The Kier molecular flexibility index (Phi) is 5.02. The summed E-state index contributed by atoms with van der Waals surface area (Å²) in [5.74, 6) is -1.35. The van der Waals surface area contributed by atoms with E-state index >= 15 is 0 Å². The highest BCUT2D eigenvalue weighted by Gasteiger charge is 2.32. The maximum absolute atomic E-state index is 11.3. The third kappa shape index (κ3) is 3.68. The molecule has 1 aliphatic rings. The van der Waals surface area contributed by atoms with Crippen molar-refractivity contribution in [2.75, 3.05) is 0 Å². The van der Waals surface area contributed by atoms with Crippen LogP contribution in [0.2, 0.25) is 6.32 Å². The molecule has 6 heteroatoms. The van der Waals surface area contributed by atoms with Crippen LogP contribution in [-0.4, -0.2) is 30.7 Å². The molecule has 0 aromatic rings. The van der Waals surface area contributed by atoms with E-state index in [0.717, 1.165) is 25.6 Å². The average Bonchev–Trinajstić information content (AvgIpc) is 2.56. The number of hydroxylamine groups is 2. The zero-order chi connectivity index (χ0) is 12.0. The summed E-state index contributed by atoms with van der Waals surface area (Å²) in [6.07, 6.45) is 4.42. The summed E-state index contributed by atoms with van der Waals surface area (Å²) in [5.41, 5.74) is 0. The molecule has 1 heterocycles. The van der Waals surface area contributed by atoms with Gasteiger partial charge in [0.25, 0.3) is 11.8 Å². The zero-order valence-electron chi connectivity index (χ0n) is 9.53. The van der Waals surface area contributed by atoms with Crippen LogP contribution in [0.3, 0.4) is 0 Å². The van der Waals surface area contributed by atoms with Gasteiger partial charge >= 0.3 is 5.97 Å². The lowest BCUT2D eigenvalue weighted by atomic mass is 9.99. The lowest BCUT2D eigenvalue weighted by molar-refractivity contribution is -0.197. The molecule has 0 spiro atoms. The van der Waals surface area contributed by atoms with Gasteiger partial charge < -0.3 is 4.84 Å². The van der Waals surface area contributed by atoms with Crippen LogP contribution in [0.5, 0.6) is 0 Å². The van der Waals surface area contributed by atoms with Crippen LogP contribution in [0.4, 0.5) is 0 Å². The Morgan fingerprint density at radius 1 is 1.19 bits per heavy atom. The predicted molar refractivity (Wildman–Crippen MR) is 59.0 cm³/mol. The molecule has 16 heavy (non-hydrogen) atoms. The maximum Gasteiger partial charge on any atom is 0.333 e. The van der Waals surface area contributed by atoms with Crippen LogP contribution in [0.15, 0.2) is 0 Å². The Morgan fingerprint density at radius 2 is 1.81 bits per heavy atom. The predicted octanol–water partition coefficient (Wildman–Crippen LogP) is 0.205. The fourth-order valence-corrected chi connectivity index (χ4v) is 1.50. The molecule has 88 valence electrons. The van der Waals surface area contributed by atoms with Crippen molar-refractivity contribution in [2.24, 2.45) is 0 Å². The molecule has 0 radical (unpaired) electrons. The number of unbranched alkanes of at least 4 members (excludes halogenated alkanes) is 2. The molecular formula is C10H16BNO4. The summed E-state index contributed by atoms with van der Waals surface area (Å²) in [5, 5.41) is 0.599. The number of carbonyl (C=O) groups excluding carboxylic acids is 3. The van der Waals surface area contributed by atoms with Crippen molar-refractivity contribution in [3.63, 3.8) is 0 Å². The van der Waals surface area contributed by atoms with Gasteiger partial charge in [-0.15, -0.1) is 5.06 Å². The first-order valence-corrected chi connectivity index (χ1v) is 5.71. The van der Waals surface area contributed by atoms with Crippen LogP contribution < -0.4 is 0 Å². The third-order valence-electron chi connectivity index (χ3n) is 2.43. The second kappa shape index (κ2) is 6.30. The Morgan fingerprint density at radius 3 is 2.38 bits per heavy atom. The summed E-state index contributed by atoms with van der Waals surface area (Å²) in [7, 11) is 2.08. The summed E-state index contributed by atoms with van der Waals surface area (Å²) in [6.45, 7) is 0. The first kappa shape index (κ1) is 12.7. The number of amides is 2. The second-order valence-electron chi connectivity index (χ2n) is 3.86. The van der Waals surface area contributed by atoms with Crippen LogP contribution in [0, 0.1) is 0 Å². The topological polar surface area (TPSA) is 63.7 Å². The summed E-state index contributed by atoms with van der Waals surface area (Å²) in [4.78, 5) is 38.2. The minimum Gasteiger partial charge on any atom is -0.330 e. The van der Waals surface area contributed by atoms with Gasteiger partial charge in [-0.2, -0.15) is 0 Å². The number of hydrogen-bond donors (Lipinski definition) is 0. The second-order valence-corrected chi connectivity index (χ2v) is 3.86. The smallest absolute Gasteiger partial charge is 0.330 e. The van der Waals surface area contributed by atoms with E-state index in [2.05, 4.69) is 7.85 Å². The van der Waals surface area contributed by atoms with Gasteiger partial charge in [0.15, 0.2) is 0 Å². The minimum absolute atomic E-state index is 0.141. The van der Waals surface area contributed by atoms with Crippen molar-refractivity contribution < 1.29 is 19.2 Å². The molecule has 0 saturated carbocycles. The van der Waals surface area contributed by atoms with Crippen LogP contribution in [0.25, 0.3) is 0 Å². The molecule has 0 N–H and O–H groups in total. The fraction of sp³-hybridized carbons (Fsp3) is 0.700. The molecule has 0 aliphatic carbocycles. The molecule has 0 atom stereocenters. The van der Waals surface area contributed by atoms with E-state index in [-0.39, 0.29) is 19.3 Å². The Balaban J connectivity index is 2.23. The summed E-state index contributed by atoms with van der Waals surface area (Å²) in [6, 6.07) is 0. The number of rotatable bonds is 6. The van der Waals surface area contributed by atoms with E-state index in [1.807, 2.05) is 0 Å². The highest BCUT2D eigenvalue weighted by Crippen LogP contribution is 2.13. The van der Waals surface area contributed by atoms with Crippen molar-refractivity contribution in [1.29, 1.82) is 0 Å². The van der Waals surface area contributed by atoms with Crippen molar-refractivity contribution in [2.45, 2.75) is 44.8 Å². The SMILES string of the molecule is BCCCCCC(=O)ON1C(=O)CCC1=O. The molecule has 5 nitrogen and oxygen atoms in total. The average molecular weight is 225 g/mol. The number of hydrogen-bond acceptors (Lipinski definition) is 4. The van der Waals surface area contributed by atoms with Gasteiger partial charge in [0.05, 0.1) is 0 Å². The maximum atomic E-state index is 11.3. The van der Waals surface area contributed by atoms with Crippen molar-refractivity contribution in [3.05, 3.63) is 0 Å². The van der Waals surface area contributed by atoms with Gasteiger partial charge in [0, 0.05) is 19.3 Å². The van der Waals surface area contributed by atoms with Gasteiger partial charge in [0.2, 0.25) is 0 Å². The first-order chi connectivity index (χ1) is 7.65. The largest absolute Gasteiger partial charge is 0.333 e. The third-order valence-corrected chi connectivity index (χ3v) is 2.43. The Bertz CT molecular complexity index is 277. The van der Waals surface area contributed by atoms with E-state index in [4.69, 9.17) is 4.84 Å². The highest BCUT2D eigenvalue weighted by molar-refractivity contribution is 6.08. The molecule has 1 fully saturated rings. The molecule has 0 aromatic heterocycles.